The van der Waals surface area contributed by atoms with Gasteiger partial charge in [0.15, 0.2) is 6.10 Å². The van der Waals surface area contributed by atoms with E-state index < -0.39 is 18.2 Å². The molecule has 5 heteroatoms. The maximum Gasteiger partial charge on any atom is 0.332 e. The minimum Gasteiger partial charge on any atom is -0.479 e. The highest BCUT2D eigenvalue weighted by molar-refractivity contribution is 5.82. The van der Waals surface area contributed by atoms with Gasteiger partial charge in [0.2, 0.25) is 5.91 Å². The molecule has 0 radical (unpaired) electrons. The van der Waals surface area contributed by atoms with Crippen molar-refractivity contribution in [2.24, 2.45) is 11.8 Å². The standard InChI is InChI=1S/C15H25NO4/c1-9(2)10-3-5-11(6-4-10)16-14(17)12-7-8-13(20-12)15(18)19/h9-13H,3-8H2,1-2H3,(H,16,17)(H,18,19)/t10?,11?,12-,13+/m0/s1. The second-order valence-corrected chi connectivity index (χ2v) is 6.39. The van der Waals surface area contributed by atoms with Crippen LogP contribution in [0.15, 0.2) is 0 Å². The van der Waals surface area contributed by atoms with Crippen molar-refractivity contribution in [2.75, 3.05) is 0 Å². The van der Waals surface area contributed by atoms with Gasteiger partial charge >= 0.3 is 5.97 Å². The first-order valence-electron chi connectivity index (χ1n) is 7.66. The largest absolute Gasteiger partial charge is 0.479 e. The van der Waals surface area contributed by atoms with Crippen LogP contribution in [0.3, 0.4) is 0 Å². The van der Waals surface area contributed by atoms with Crippen LogP contribution < -0.4 is 5.32 Å². The predicted octanol–water partition coefficient (Wildman–Crippen LogP) is 1.95. The number of carboxylic acid groups (broad SMARTS) is 1. The van der Waals surface area contributed by atoms with Crippen molar-refractivity contribution in [3.05, 3.63) is 0 Å². The molecule has 2 aliphatic rings. The van der Waals surface area contributed by atoms with Gasteiger partial charge in [-0.1, -0.05) is 13.8 Å². The third-order valence-electron chi connectivity index (χ3n) is 4.65. The molecule has 5 nitrogen and oxygen atoms in total. The van der Waals surface area contributed by atoms with E-state index in [-0.39, 0.29) is 11.9 Å². The Morgan fingerprint density at radius 3 is 2.15 bits per heavy atom. The zero-order valence-corrected chi connectivity index (χ0v) is 12.3. The number of aliphatic carboxylic acids is 1. The minimum atomic E-state index is -0.974. The topological polar surface area (TPSA) is 75.6 Å². The quantitative estimate of drug-likeness (QED) is 0.827. The van der Waals surface area contributed by atoms with Crippen molar-refractivity contribution in [2.45, 2.75) is 70.6 Å². The van der Waals surface area contributed by atoms with E-state index in [0.717, 1.165) is 31.6 Å². The fourth-order valence-electron chi connectivity index (χ4n) is 3.24. The molecule has 2 fully saturated rings. The van der Waals surface area contributed by atoms with Crippen molar-refractivity contribution in [3.8, 4) is 0 Å². The number of nitrogens with one attached hydrogen (secondary N) is 1. The van der Waals surface area contributed by atoms with Crippen molar-refractivity contribution < 1.29 is 19.4 Å². The Balaban J connectivity index is 1.75. The Morgan fingerprint density at radius 1 is 1.05 bits per heavy atom. The Morgan fingerprint density at radius 2 is 1.65 bits per heavy atom. The molecule has 1 heterocycles. The summed E-state index contributed by atoms with van der Waals surface area (Å²) in [4.78, 5) is 22.9. The van der Waals surface area contributed by atoms with E-state index in [1.54, 1.807) is 0 Å². The summed E-state index contributed by atoms with van der Waals surface area (Å²) >= 11 is 0. The molecule has 1 amide bonds. The molecule has 0 unspecified atom stereocenters. The van der Waals surface area contributed by atoms with E-state index in [0.29, 0.717) is 18.8 Å². The monoisotopic (exact) mass is 283 g/mol. The molecule has 0 bridgehead atoms. The molecule has 0 aromatic heterocycles. The second-order valence-electron chi connectivity index (χ2n) is 6.39. The zero-order chi connectivity index (χ0) is 14.7. The van der Waals surface area contributed by atoms with Crippen LogP contribution in [0, 0.1) is 11.8 Å². The highest BCUT2D eigenvalue weighted by Crippen LogP contribution is 2.30. The molecule has 20 heavy (non-hydrogen) atoms. The van der Waals surface area contributed by atoms with E-state index in [9.17, 15) is 9.59 Å². The molecular weight excluding hydrogens is 258 g/mol. The molecule has 0 aromatic carbocycles. The van der Waals surface area contributed by atoms with E-state index in [1.807, 2.05) is 0 Å². The van der Waals surface area contributed by atoms with E-state index in [1.165, 1.54) is 0 Å². The molecule has 1 aliphatic heterocycles. The summed E-state index contributed by atoms with van der Waals surface area (Å²) in [5.41, 5.74) is 0. The Labute approximate surface area is 120 Å². The smallest absolute Gasteiger partial charge is 0.332 e. The normalized spacial score (nSPS) is 34.1. The SMILES string of the molecule is CC(C)C1CCC(NC(=O)[C@@H]2CC[C@H](C(=O)O)O2)CC1. The molecule has 2 rings (SSSR count). The summed E-state index contributed by atoms with van der Waals surface area (Å²) < 4.78 is 5.27. The summed E-state index contributed by atoms with van der Waals surface area (Å²) in [6.07, 6.45) is 3.88. The van der Waals surface area contributed by atoms with E-state index in [2.05, 4.69) is 19.2 Å². The Hall–Kier alpha value is -1.10. The van der Waals surface area contributed by atoms with Crippen LogP contribution in [0.4, 0.5) is 0 Å². The summed E-state index contributed by atoms with van der Waals surface area (Å²) in [7, 11) is 0. The molecular formula is C15H25NO4. The third-order valence-corrected chi connectivity index (χ3v) is 4.65. The number of carbonyl (C=O) groups is 2. The molecule has 114 valence electrons. The number of hydrogen-bond acceptors (Lipinski definition) is 3. The fraction of sp³-hybridized carbons (Fsp3) is 0.867. The van der Waals surface area contributed by atoms with Gasteiger partial charge in [-0.05, 0) is 50.4 Å². The summed E-state index contributed by atoms with van der Waals surface area (Å²) in [6, 6.07) is 0.227. The van der Waals surface area contributed by atoms with E-state index in [4.69, 9.17) is 9.84 Å². The third kappa shape index (κ3) is 3.72. The number of amides is 1. The van der Waals surface area contributed by atoms with E-state index >= 15 is 0 Å². The lowest BCUT2D eigenvalue weighted by atomic mass is 9.79. The number of rotatable bonds is 4. The average Bonchev–Trinajstić information content (AvgIpc) is 2.89. The molecule has 1 saturated heterocycles. The van der Waals surface area contributed by atoms with Gasteiger partial charge < -0.3 is 15.2 Å². The first-order chi connectivity index (χ1) is 9.47. The van der Waals surface area contributed by atoms with Crippen LogP contribution >= 0.6 is 0 Å². The Kier molecular flexibility index (Phi) is 5.02. The van der Waals surface area contributed by atoms with Gasteiger partial charge in [-0.3, -0.25) is 4.79 Å². The average molecular weight is 283 g/mol. The van der Waals surface area contributed by atoms with Gasteiger partial charge in [-0.25, -0.2) is 4.79 Å². The molecule has 0 spiro atoms. The van der Waals surface area contributed by atoms with Gasteiger partial charge in [-0.15, -0.1) is 0 Å². The summed E-state index contributed by atoms with van der Waals surface area (Å²) in [5, 5.41) is 11.9. The first-order valence-corrected chi connectivity index (χ1v) is 7.66. The van der Waals surface area contributed by atoms with Gasteiger partial charge in [0.25, 0.3) is 0 Å². The van der Waals surface area contributed by atoms with Gasteiger partial charge in [0, 0.05) is 6.04 Å². The molecule has 0 aromatic rings. The van der Waals surface area contributed by atoms with Crippen LogP contribution in [-0.4, -0.2) is 35.2 Å². The van der Waals surface area contributed by atoms with Crippen LogP contribution in [0.25, 0.3) is 0 Å². The highest BCUT2D eigenvalue weighted by atomic mass is 16.5. The second kappa shape index (κ2) is 6.57. The molecule has 2 N–H and O–H groups in total. The van der Waals surface area contributed by atoms with Crippen LogP contribution in [-0.2, 0) is 14.3 Å². The lowest BCUT2D eigenvalue weighted by molar-refractivity contribution is -0.152. The number of hydrogen-bond donors (Lipinski definition) is 2. The molecule has 1 aliphatic carbocycles. The summed E-state index contributed by atoms with van der Waals surface area (Å²) in [5.74, 6) is 0.364. The molecule has 2 atom stereocenters. The zero-order valence-electron chi connectivity index (χ0n) is 12.3. The first kappa shape index (κ1) is 15.3. The highest BCUT2D eigenvalue weighted by Gasteiger charge is 2.35. The van der Waals surface area contributed by atoms with Crippen molar-refractivity contribution in [3.63, 3.8) is 0 Å². The van der Waals surface area contributed by atoms with Crippen molar-refractivity contribution >= 4 is 11.9 Å². The number of carbonyl (C=O) groups excluding carboxylic acids is 1. The van der Waals surface area contributed by atoms with Crippen LogP contribution in [0.2, 0.25) is 0 Å². The lowest BCUT2D eigenvalue weighted by Crippen LogP contribution is -2.43. The van der Waals surface area contributed by atoms with Crippen LogP contribution in [0.1, 0.15) is 52.4 Å². The molecule has 1 saturated carbocycles. The minimum absolute atomic E-state index is 0.137. The Bertz CT molecular complexity index is 361. The maximum absolute atomic E-state index is 12.1. The maximum atomic E-state index is 12.1. The predicted molar refractivity (Wildman–Crippen MR) is 74.3 cm³/mol. The van der Waals surface area contributed by atoms with Gasteiger partial charge in [0.05, 0.1) is 0 Å². The lowest BCUT2D eigenvalue weighted by Gasteiger charge is -2.31. The fourth-order valence-corrected chi connectivity index (χ4v) is 3.24. The summed E-state index contributed by atoms with van der Waals surface area (Å²) in [6.45, 7) is 4.50. The van der Waals surface area contributed by atoms with Gasteiger partial charge in [0.1, 0.15) is 6.10 Å². The number of ether oxygens (including phenoxy) is 1. The van der Waals surface area contributed by atoms with Gasteiger partial charge in [-0.2, -0.15) is 0 Å². The van der Waals surface area contributed by atoms with Crippen LogP contribution in [0.5, 0.6) is 0 Å². The van der Waals surface area contributed by atoms with Crippen molar-refractivity contribution in [1.29, 1.82) is 0 Å². The number of carboxylic acids is 1. The van der Waals surface area contributed by atoms with Crippen molar-refractivity contribution in [1.82, 2.24) is 5.32 Å².